The van der Waals surface area contributed by atoms with E-state index in [4.69, 9.17) is 4.74 Å². The maximum atomic E-state index is 12.8. The van der Waals surface area contributed by atoms with Gasteiger partial charge >= 0.3 is 5.97 Å². The molecule has 0 unspecified atom stereocenters. The number of aliphatic carboxylic acids is 1. The van der Waals surface area contributed by atoms with Gasteiger partial charge in [-0.15, -0.1) is 0 Å². The van der Waals surface area contributed by atoms with Crippen molar-refractivity contribution in [2.45, 2.75) is 13.0 Å². The van der Waals surface area contributed by atoms with Gasteiger partial charge in [0.15, 0.2) is 0 Å². The molecule has 0 saturated heterocycles. The van der Waals surface area contributed by atoms with Gasteiger partial charge < -0.3 is 9.84 Å². The molecular weight excluding hydrogens is 247 g/mol. The molecule has 4 heteroatoms. The predicted octanol–water partition coefficient (Wildman–Crippen LogP) is 3.34. The molecule has 0 spiro atoms. The van der Waals surface area contributed by atoms with E-state index >= 15 is 0 Å². The van der Waals surface area contributed by atoms with E-state index in [1.807, 2.05) is 19.1 Å². The molecule has 0 aliphatic rings. The van der Waals surface area contributed by atoms with Gasteiger partial charge in [0.25, 0.3) is 0 Å². The molecule has 2 rings (SSSR count). The molecule has 98 valence electrons. The molecule has 0 fully saturated rings. The van der Waals surface area contributed by atoms with Gasteiger partial charge in [-0.25, -0.2) is 9.18 Å². The van der Waals surface area contributed by atoms with Crippen LogP contribution in [0.1, 0.15) is 17.2 Å². The fourth-order valence-corrected chi connectivity index (χ4v) is 1.65. The van der Waals surface area contributed by atoms with Gasteiger partial charge in [-0.3, -0.25) is 0 Å². The monoisotopic (exact) mass is 260 g/mol. The Morgan fingerprint density at radius 2 is 1.68 bits per heavy atom. The highest BCUT2D eigenvalue weighted by Crippen LogP contribution is 2.23. The van der Waals surface area contributed by atoms with Crippen LogP contribution in [0.2, 0.25) is 0 Å². The molecule has 1 N–H and O–H groups in total. The van der Waals surface area contributed by atoms with Crippen LogP contribution in [0, 0.1) is 12.7 Å². The van der Waals surface area contributed by atoms with Crippen molar-refractivity contribution >= 4 is 5.97 Å². The van der Waals surface area contributed by atoms with Crippen LogP contribution in [-0.4, -0.2) is 11.1 Å². The summed E-state index contributed by atoms with van der Waals surface area (Å²) in [5.41, 5.74) is 1.45. The minimum atomic E-state index is -1.15. The van der Waals surface area contributed by atoms with E-state index in [-0.39, 0.29) is 0 Å². The third kappa shape index (κ3) is 3.31. The van der Waals surface area contributed by atoms with Crippen molar-refractivity contribution in [3.05, 3.63) is 65.5 Å². The second kappa shape index (κ2) is 5.52. The number of ether oxygens (including phenoxy) is 1. The normalized spacial score (nSPS) is 11.9. The van der Waals surface area contributed by atoms with Crippen LogP contribution in [-0.2, 0) is 4.79 Å². The van der Waals surface area contributed by atoms with Crippen LogP contribution in [0.3, 0.4) is 0 Å². The maximum absolute atomic E-state index is 12.8. The lowest BCUT2D eigenvalue weighted by atomic mass is 10.1. The Bertz CT molecular complexity index is 561. The van der Waals surface area contributed by atoms with Crippen LogP contribution in [0.5, 0.6) is 5.75 Å². The van der Waals surface area contributed by atoms with Gasteiger partial charge in [-0.05, 0) is 31.2 Å². The van der Waals surface area contributed by atoms with E-state index in [1.54, 1.807) is 12.1 Å². The standard InChI is InChI=1S/C15H13FO3/c1-10-2-8-13(9-3-10)19-14(15(17)18)11-4-6-12(16)7-5-11/h2-9,14H,1H3,(H,17,18)/t14-/m0/s1. The van der Waals surface area contributed by atoms with Crippen LogP contribution >= 0.6 is 0 Å². The van der Waals surface area contributed by atoms with Crippen molar-refractivity contribution in [1.29, 1.82) is 0 Å². The zero-order valence-corrected chi connectivity index (χ0v) is 10.3. The molecule has 0 saturated carbocycles. The lowest BCUT2D eigenvalue weighted by Crippen LogP contribution is -2.18. The molecule has 0 aromatic heterocycles. The van der Waals surface area contributed by atoms with Crippen molar-refractivity contribution in [2.24, 2.45) is 0 Å². The average molecular weight is 260 g/mol. The molecule has 0 heterocycles. The number of hydrogen-bond acceptors (Lipinski definition) is 2. The Morgan fingerprint density at radius 3 is 2.21 bits per heavy atom. The van der Waals surface area contributed by atoms with Gasteiger partial charge in [-0.1, -0.05) is 29.8 Å². The Morgan fingerprint density at radius 1 is 1.11 bits per heavy atom. The third-order valence-corrected chi connectivity index (χ3v) is 2.67. The van der Waals surface area contributed by atoms with Crippen molar-refractivity contribution < 1.29 is 19.0 Å². The first-order valence-electron chi connectivity index (χ1n) is 5.78. The highest BCUT2D eigenvalue weighted by Gasteiger charge is 2.21. The van der Waals surface area contributed by atoms with E-state index in [9.17, 15) is 14.3 Å². The Hall–Kier alpha value is -2.36. The first kappa shape index (κ1) is 13.1. The molecule has 0 aliphatic carbocycles. The summed E-state index contributed by atoms with van der Waals surface area (Å²) in [6.45, 7) is 1.93. The average Bonchev–Trinajstić information content (AvgIpc) is 2.39. The van der Waals surface area contributed by atoms with E-state index in [2.05, 4.69) is 0 Å². The van der Waals surface area contributed by atoms with Crippen molar-refractivity contribution in [3.8, 4) is 5.75 Å². The summed E-state index contributed by atoms with van der Waals surface area (Å²) in [7, 11) is 0. The molecule has 0 radical (unpaired) electrons. The molecule has 0 aliphatic heterocycles. The van der Waals surface area contributed by atoms with Gasteiger partial charge in [0.2, 0.25) is 6.10 Å². The lowest BCUT2D eigenvalue weighted by Gasteiger charge is -2.15. The summed E-state index contributed by atoms with van der Waals surface area (Å²) in [5, 5.41) is 9.19. The quantitative estimate of drug-likeness (QED) is 0.917. The summed E-state index contributed by atoms with van der Waals surface area (Å²) < 4.78 is 18.3. The van der Waals surface area contributed by atoms with Gasteiger partial charge in [0.1, 0.15) is 11.6 Å². The number of hydrogen-bond donors (Lipinski definition) is 1. The Labute approximate surface area is 110 Å². The zero-order valence-electron chi connectivity index (χ0n) is 10.3. The number of carboxylic acids is 1. The Balaban J connectivity index is 2.23. The molecule has 2 aromatic carbocycles. The SMILES string of the molecule is Cc1ccc(O[C@H](C(=O)O)c2ccc(F)cc2)cc1. The van der Waals surface area contributed by atoms with E-state index in [1.165, 1.54) is 24.3 Å². The second-order valence-electron chi connectivity index (χ2n) is 4.20. The fourth-order valence-electron chi connectivity index (χ4n) is 1.65. The first-order valence-corrected chi connectivity index (χ1v) is 5.78. The molecular formula is C15H13FO3. The number of halogens is 1. The highest BCUT2D eigenvalue weighted by molar-refractivity contribution is 5.74. The van der Waals surface area contributed by atoms with Crippen LogP contribution in [0.4, 0.5) is 4.39 Å². The van der Waals surface area contributed by atoms with Crippen molar-refractivity contribution in [3.63, 3.8) is 0 Å². The molecule has 0 bridgehead atoms. The Kier molecular flexibility index (Phi) is 3.80. The topological polar surface area (TPSA) is 46.5 Å². The minimum absolute atomic E-state index is 0.398. The largest absolute Gasteiger partial charge is 0.478 e. The molecule has 1 atom stereocenters. The summed E-state index contributed by atoms with van der Waals surface area (Å²) in [6, 6.07) is 12.3. The van der Waals surface area contributed by atoms with Crippen LogP contribution < -0.4 is 4.74 Å². The summed E-state index contributed by atoms with van der Waals surface area (Å²) >= 11 is 0. The molecule has 19 heavy (non-hydrogen) atoms. The smallest absolute Gasteiger partial charge is 0.349 e. The van der Waals surface area contributed by atoms with E-state index < -0.39 is 17.9 Å². The second-order valence-corrected chi connectivity index (χ2v) is 4.20. The maximum Gasteiger partial charge on any atom is 0.349 e. The van der Waals surface area contributed by atoms with Gasteiger partial charge in [0.05, 0.1) is 0 Å². The van der Waals surface area contributed by atoms with Crippen LogP contribution in [0.25, 0.3) is 0 Å². The van der Waals surface area contributed by atoms with Crippen molar-refractivity contribution in [2.75, 3.05) is 0 Å². The summed E-state index contributed by atoms with van der Waals surface area (Å²) in [5.74, 6) is -1.07. The van der Waals surface area contributed by atoms with Crippen molar-refractivity contribution in [1.82, 2.24) is 0 Å². The number of carbonyl (C=O) groups is 1. The number of benzene rings is 2. The van der Waals surface area contributed by atoms with Gasteiger partial charge in [-0.2, -0.15) is 0 Å². The first-order chi connectivity index (χ1) is 9.06. The van der Waals surface area contributed by atoms with Gasteiger partial charge in [0, 0.05) is 5.56 Å². The number of aryl methyl sites for hydroxylation is 1. The molecule has 0 amide bonds. The zero-order chi connectivity index (χ0) is 13.8. The van der Waals surface area contributed by atoms with Crippen LogP contribution in [0.15, 0.2) is 48.5 Å². The predicted molar refractivity (Wildman–Crippen MR) is 68.6 cm³/mol. The van der Waals surface area contributed by atoms with E-state index in [0.29, 0.717) is 11.3 Å². The number of carboxylic acid groups (broad SMARTS) is 1. The number of rotatable bonds is 4. The lowest BCUT2D eigenvalue weighted by molar-refractivity contribution is -0.145. The fraction of sp³-hybridized carbons (Fsp3) is 0.133. The van der Waals surface area contributed by atoms with E-state index in [0.717, 1.165) is 5.56 Å². The summed E-state index contributed by atoms with van der Waals surface area (Å²) in [4.78, 5) is 11.2. The molecule has 3 nitrogen and oxygen atoms in total. The highest BCUT2D eigenvalue weighted by atomic mass is 19.1. The third-order valence-electron chi connectivity index (χ3n) is 2.67. The minimum Gasteiger partial charge on any atom is -0.478 e. The molecule has 2 aromatic rings. The summed E-state index contributed by atoms with van der Waals surface area (Å²) in [6.07, 6.45) is -1.15.